The van der Waals surface area contributed by atoms with E-state index in [1.165, 1.54) is 6.42 Å². The van der Waals surface area contributed by atoms with Gasteiger partial charge in [-0.3, -0.25) is 4.79 Å². The van der Waals surface area contributed by atoms with Crippen LogP contribution in [0.3, 0.4) is 0 Å². The maximum absolute atomic E-state index is 13.0. The topological polar surface area (TPSA) is 34.5 Å². The number of rotatable bonds is 4. The lowest BCUT2D eigenvalue weighted by atomic mass is 10.1. The first-order valence-electron chi connectivity index (χ1n) is 8.19. The summed E-state index contributed by atoms with van der Waals surface area (Å²) in [5, 5.41) is 1.51. The number of aryl methyl sites for hydroxylation is 1. The number of fused-ring (bicyclic) bond motifs is 1. The van der Waals surface area contributed by atoms with Gasteiger partial charge >= 0.3 is 0 Å². The Kier molecular flexibility index (Phi) is 4.93. The van der Waals surface area contributed by atoms with E-state index in [0.29, 0.717) is 23.7 Å². The number of ether oxygens (including phenoxy) is 1. The molecule has 5 heteroatoms. The van der Waals surface area contributed by atoms with E-state index in [4.69, 9.17) is 16.3 Å². The van der Waals surface area contributed by atoms with Gasteiger partial charge in [-0.2, -0.15) is 0 Å². The van der Waals surface area contributed by atoms with Crippen LogP contribution in [0.5, 0.6) is 0 Å². The third-order valence-electron chi connectivity index (χ3n) is 4.58. The Morgan fingerprint density at radius 1 is 1.26 bits per heavy atom. The minimum absolute atomic E-state index is 0.0957. The van der Waals surface area contributed by atoms with Crippen LogP contribution in [0.4, 0.5) is 0 Å². The summed E-state index contributed by atoms with van der Waals surface area (Å²) in [7, 11) is 1.69. The Bertz CT molecular complexity index is 717. The molecule has 4 nitrogen and oxygen atoms in total. The Balaban J connectivity index is 2.08. The molecule has 0 aliphatic carbocycles. The van der Waals surface area contributed by atoms with E-state index in [-0.39, 0.29) is 5.91 Å². The third-order valence-corrected chi connectivity index (χ3v) is 4.90. The summed E-state index contributed by atoms with van der Waals surface area (Å²) < 4.78 is 7.30. The number of aromatic nitrogens is 1. The van der Waals surface area contributed by atoms with Crippen LogP contribution in [0, 0.1) is 6.92 Å². The van der Waals surface area contributed by atoms with Gasteiger partial charge in [0.1, 0.15) is 0 Å². The minimum atomic E-state index is 0.0957. The lowest BCUT2D eigenvalue weighted by molar-refractivity contribution is 0.0726. The number of methoxy groups -OCH3 is 1. The standard InChI is InChI=1S/C18H23ClN2O2/c1-13-6-7-15(19)16-14(12-21(17(13)16)10-11-23-2)18(22)20-8-4-3-5-9-20/h6-7,12H,3-5,8-11H2,1-2H3. The Morgan fingerprint density at radius 2 is 2.00 bits per heavy atom. The fraction of sp³-hybridized carbons (Fsp3) is 0.500. The molecule has 0 bridgehead atoms. The van der Waals surface area contributed by atoms with Gasteiger partial charge in [-0.15, -0.1) is 0 Å². The number of carbonyl (C=O) groups is 1. The zero-order valence-corrected chi connectivity index (χ0v) is 14.5. The summed E-state index contributed by atoms with van der Waals surface area (Å²) in [4.78, 5) is 14.9. The number of amides is 1. The smallest absolute Gasteiger partial charge is 0.256 e. The lowest BCUT2D eigenvalue weighted by Gasteiger charge is -2.26. The molecule has 0 atom stereocenters. The van der Waals surface area contributed by atoms with E-state index in [1.54, 1.807) is 7.11 Å². The summed E-state index contributed by atoms with van der Waals surface area (Å²) >= 11 is 6.45. The predicted octanol–water partition coefficient (Wildman–Crippen LogP) is 3.88. The van der Waals surface area contributed by atoms with Crippen LogP contribution in [-0.2, 0) is 11.3 Å². The second-order valence-corrected chi connectivity index (χ2v) is 6.58. The van der Waals surface area contributed by atoms with Crippen molar-refractivity contribution >= 4 is 28.4 Å². The van der Waals surface area contributed by atoms with Crippen molar-refractivity contribution < 1.29 is 9.53 Å². The highest BCUT2D eigenvalue weighted by atomic mass is 35.5. The molecule has 124 valence electrons. The van der Waals surface area contributed by atoms with Crippen LogP contribution in [0.2, 0.25) is 5.02 Å². The highest BCUT2D eigenvalue weighted by Gasteiger charge is 2.24. The van der Waals surface area contributed by atoms with Crippen molar-refractivity contribution in [1.82, 2.24) is 9.47 Å². The number of nitrogens with zero attached hydrogens (tertiary/aromatic N) is 2. The summed E-state index contributed by atoms with van der Waals surface area (Å²) in [6.07, 6.45) is 5.32. The second-order valence-electron chi connectivity index (χ2n) is 6.17. The SMILES string of the molecule is COCCn1cc(C(=O)N2CCCCC2)c2c(Cl)ccc(C)c21. The molecule has 0 unspecified atom stereocenters. The maximum atomic E-state index is 13.0. The number of halogens is 1. The number of hydrogen-bond acceptors (Lipinski definition) is 2. The number of likely N-dealkylation sites (tertiary alicyclic amines) is 1. The molecule has 2 heterocycles. The summed E-state index contributed by atoms with van der Waals surface area (Å²) in [5.41, 5.74) is 2.87. The number of hydrogen-bond donors (Lipinski definition) is 0. The van der Waals surface area contributed by atoms with Gasteiger partial charge in [-0.25, -0.2) is 0 Å². The molecule has 1 fully saturated rings. The molecule has 1 saturated heterocycles. The van der Waals surface area contributed by atoms with E-state index >= 15 is 0 Å². The van der Waals surface area contributed by atoms with Gasteiger partial charge in [0.15, 0.2) is 0 Å². The predicted molar refractivity (Wildman–Crippen MR) is 93.3 cm³/mol. The van der Waals surface area contributed by atoms with Gasteiger partial charge in [0.05, 0.1) is 22.7 Å². The van der Waals surface area contributed by atoms with Crippen molar-refractivity contribution in [1.29, 1.82) is 0 Å². The molecule has 1 aliphatic rings. The second kappa shape index (κ2) is 6.93. The van der Waals surface area contributed by atoms with Crippen molar-refractivity contribution in [2.45, 2.75) is 32.7 Å². The molecule has 3 rings (SSSR count). The fourth-order valence-corrected chi connectivity index (χ4v) is 3.63. The van der Waals surface area contributed by atoms with Gasteiger partial charge in [-0.05, 0) is 37.8 Å². The molecule has 0 radical (unpaired) electrons. The molecule has 1 amide bonds. The average molecular weight is 335 g/mol. The maximum Gasteiger partial charge on any atom is 0.256 e. The summed E-state index contributed by atoms with van der Waals surface area (Å²) in [6.45, 7) is 5.05. The molecule has 1 aromatic heterocycles. The van der Waals surface area contributed by atoms with E-state index in [1.807, 2.05) is 23.2 Å². The minimum Gasteiger partial charge on any atom is -0.383 e. The lowest BCUT2D eigenvalue weighted by Crippen LogP contribution is -2.35. The highest BCUT2D eigenvalue weighted by molar-refractivity contribution is 6.37. The number of piperidine rings is 1. The quantitative estimate of drug-likeness (QED) is 0.850. The van der Waals surface area contributed by atoms with Crippen molar-refractivity contribution in [3.63, 3.8) is 0 Å². The van der Waals surface area contributed by atoms with Crippen LogP contribution in [0.1, 0.15) is 35.2 Å². The van der Waals surface area contributed by atoms with E-state index in [2.05, 4.69) is 11.5 Å². The van der Waals surface area contributed by atoms with Crippen LogP contribution >= 0.6 is 11.6 Å². The zero-order chi connectivity index (χ0) is 16.4. The zero-order valence-electron chi connectivity index (χ0n) is 13.8. The highest BCUT2D eigenvalue weighted by Crippen LogP contribution is 2.32. The number of benzene rings is 1. The molecular formula is C18H23ClN2O2. The molecular weight excluding hydrogens is 312 g/mol. The van der Waals surface area contributed by atoms with Crippen molar-refractivity contribution in [3.8, 4) is 0 Å². The van der Waals surface area contributed by atoms with Gasteiger partial charge in [0.2, 0.25) is 0 Å². The molecule has 1 aromatic carbocycles. The van der Waals surface area contributed by atoms with Gasteiger partial charge in [0, 0.05) is 38.3 Å². The molecule has 0 spiro atoms. The normalized spacial score (nSPS) is 15.3. The molecule has 0 saturated carbocycles. The van der Waals surface area contributed by atoms with Gasteiger partial charge in [0.25, 0.3) is 5.91 Å². The first-order chi connectivity index (χ1) is 11.1. The van der Waals surface area contributed by atoms with E-state index in [0.717, 1.165) is 42.4 Å². The average Bonchev–Trinajstić information content (AvgIpc) is 2.97. The van der Waals surface area contributed by atoms with Crippen LogP contribution in [0.15, 0.2) is 18.3 Å². The molecule has 23 heavy (non-hydrogen) atoms. The number of carbonyl (C=O) groups excluding carboxylic acids is 1. The van der Waals surface area contributed by atoms with E-state index in [9.17, 15) is 4.79 Å². The largest absolute Gasteiger partial charge is 0.383 e. The summed E-state index contributed by atoms with van der Waals surface area (Å²) in [5.74, 6) is 0.0957. The van der Waals surface area contributed by atoms with Crippen LogP contribution in [-0.4, -0.2) is 42.2 Å². The first kappa shape index (κ1) is 16.3. The van der Waals surface area contributed by atoms with Crippen molar-refractivity contribution in [3.05, 3.63) is 34.5 Å². The fourth-order valence-electron chi connectivity index (χ4n) is 3.38. The van der Waals surface area contributed by atoms with Crippen molar-refractivity contribution in [2.75, 3.05) is 26.8 Å². The Morgan fingerprint density at radius 3 is 2.70 bits per heavy atom. The Hall–Kier alpha value is -1.52. The summed E-state index contributed by atoms with van der Waals surface area (Å²) in [6, 6.07) is 3.88. The molecule has 0 N–H and O–H groups in total. The van der Waals surface area contributed by atoms with E-state index < -0.39 is 0 Å². The first-order valence-corrected chi connectivity index (χ1v) is 8.57. The Labute approximate surface area is 142 Å². The van der Waals surface area contributed by atoms with Gasteiger partial charge < -0.3 is 14.2 Å². The van der Waals surface area contributed by atoms with Crippen LogP contribution in [0.25, 0.3) is 10.9 Å². The van der Waals surface area contributed by atoms with Crippen molar-refractivity contribution in [2.24, 2.45) is 0 Å². The molecule has 1 aliphatic heterocycles. The molecule has 2 aromatic rings. The van der Waals surface area contributed by atoms with Crippen LogP contribution < -0.4 is 0 Å². The monoisotopic (exact) mass is 334 g/mol. The van der Waals surface area contributed by atoms with Gasteiger partial charge in [-0.1, -0.05) is 17.7 Å². The third kappa shape index (κ3) is 3.10.